The van der Waals surface area contributed by atoms with E-state index in [0.717, 1.165) is 6.42 Å². The van der Waals surface area contributed by atoms with Gasteiger partial charge in [-0.25, -0.2) is 0 Å². The minimum atomic E-state index is -0.540. The second-order valence-electron chi connectivity index (χ2n) is 6.67. The fourth-order valence-corrected chi connectivity index (χ4v) is 2.24. The Kier molecular flexibility index (Phi) is 15.7. The number of carbonyl (C=O) groups excluding carboxylic acids is 1. The molecule has 0 aliphatic heterocycles. The third kappa shape index (κ3) is 15.9. The van der Waals surface area contributed by atoms with E-state index >= 15 is 0 Å². The molecule has 2 N–H and O–H groups in total. The largest absolute Gasteiger partial charge is 0.389 e. The van der Waals surface area contributed by atoms with Crippen LogP contribution in [0.4, 0.5) is 0 Å². The van der Waals surface area contributed by atoms with Crippen LogP contribution in [-0.2, 0) is 4.79 Å². The number of rotatable bonds is 14. The van der Waals surface area contributed by atoms with E-state index in [-0.39, 0.29) is 5.91 Å². The highest BCUT2D eigenvalue weighted by Crippen LogP contribution is 2.04. The number of carbonyl (C=O) groups is 1. The second-order valence-corrected chi connectivity index (χ2v) is 6.67. The van der Waals surface area contributed by atoms with Crippen molar-refractivity contribution in [3.8, 4) is 0 Å². The molecule has 0 aromatic rings. The maximum atomic E-state index is 11.4. The Morgan fingerprint density at radius 3 is 2.19 bits per heavy atom. The van der Waals surface area contributed by atoms with Gasteiger partial charge in [0.15, 0.2) is 0 Å². The summed E-state index contributed by atoms with van der Waals surface area (Å²) in [6.07, 6.45) is 21.0. The fraction of sp³-hybridized carbons (Fsp3) is 0.591. The lowest BCUT2D eigenvalue weighted by Crippen LogP contribution is -2.21. The number of allylic oxidation sites excluding steroid dienone is 5. The van der Waals surface area contributed by atoms with Gasteiger partial charge in [-0.1, -0.05) is 68.4 Å². The highest BCUT2D eigenvalue weighted by molar-refractivity contribution is 5.75. The summed E-state index contributed by atoms with van der Waals surface area (Å²) in [5, 5.41) is 19.6. The zero-order chi connectivity index (χ0) is 19.6. The maximum Gasteiger partial charge on any atom is 0.222 e. The van der Waals surface area contributed by atoms with Crippen LogP contribution in [0.3, 0.4) is 0 Å². The SMILES string of the molecule is CCCCCC=CC[C@H](O)C=CC=C/C=C/[C@H](O)CCCC(=O)N(C)C. The van der Waals surface area contributed by atoms with Gasteiger partial charge in [-0.05, 0) is 32.1 Å². The number of hydrogen-bond donors (Lipinski definition) is 2. The van der Waals surface area contributed by atoms with Gasteiger partial charge in [0, 0.05) is 20.5 Å². The van der Waals surface area contributed by atoms with Gasteiger partial charge in [0.1, 0.15) is 0 Å². The minimum absolute atomic E-state index is 0.0839. The van der Waals surface area contributed by atoms with E-state index in [0.29, 0.717) is 25.7 Å². The molecule has 0 aromatic carbocycles. The molecule has 0 aliphatic rings. The van der Waals surface area contributed by atoms with Crippen molar-refractivity contribution in [1.82, 2.24) is 4.90 Å². The third-order valence-corrected chi connectivity index (χ3v) is 3.91. The molecule has 0 bridgehead atoms. The lowest BCUT2D eigenvalue weighted by molar-refractivity contribution is -0.128. The second kappa shape index (κ2) is 16.8. The summed E-state index contributed by atoms with van der Waals surface area (Å²) < 4.78 is 0. The normalized spacial score (nSPS) is 14.8. The van der Waals surface area contributed by atoms with E-state index in [1.807, 2.05) is 24.3 Å². The van der Waals surface area contributed by atoms with Crippen LogP contribution in [0.5, 0.6) is 0 Å². The van der Waals surface area contributed by atoms with Crippen LogP contribution in [0.2, 0.25) is 0 Å². The van der Waals surface area contributed by atoms with Gasteiger partial charge in [-0.15, -0.1) is 0 Å². The van der Waals surface area contributed by atoms with Crippen LogP contribution in [-0.4, -0.2) is 47.3 Å². The average molecular weight is 364 g/mol. The van der Waals surface area contributed by atoms with Crippen molar-refractivity contribution in [2.45, 2.75) is 70.5 Å². The Labute approximate surface area is 159 Å². The number of unbranched alkanes of at least 4 members (excludes halogenated alkanes) is 3. The Balaban J connectivity index is 3.86. The van der Waals surface area contributed by atoms with Gasteiger partial charge in [-0.3, -0.25) is 4.79 Å². The molecule has 1 amide bonds. The molecule has 0 spiro atoms. The van der Waals surface area contributed by atoms with Gasteiger partial charge in [-0.2, -0.15) is 0 Å². The van der Waals surface area contributed by atoms with Gasteiger partial charge in [0.25, 0.3) is 0 Å². The van der Waals surface area contributed by atoms with E-state index in [1.165, 1.54) is 19.3 Å². The van der Waals surface area contributed by atoms with Crippen LogP contribution >= 0.6 is 0 Å². The number of nitrogens with zero attached hydrogens (tertiary/aromatic N) is 1. The van der Waals surface area contributed by atoms with Crippen molar-refractivity contribution >= 4 is 5.91 Å². The zero-order valence-corrected chi connectivity index (χ0v) is 16.7. The molecule has 0 rings (SSSR count). The topological polar surface area (TPSA) is 60.8 Å². The monoisotopic (exact) mass is 363 g/mol. The van der Waals surface area contributed by atoms with Gasteiger partial charge in [0.2, 0.25) is 5.91 Å². The van der Waals surface area contributed by atoms with Gasteiger partial charge >= 0.3 is 0 Å². The van der Waals surface area contributed by atoms with Crippen molar-refractivity contribution in [1.29, 1.82) is 0 Å². The lowest BCUT2D eigenvalue weighted by atomic mass is 10.1. The Hall–Kier alpha value is -1.65. The quantitative estimate of drug-likeness (QED) is 0.277. The highest BCUT2D eigenvalue weighted by Gasteiger charge is 2.05. The van der Waals surface area contributed by atoms with Crippen LogP contribution < -0.4 is 0 Å². The molecule has 26 heavy (non-hydrogen) atoms. The first-order chi connectivity index (χ1) is 12.5. The van der Waals surface area contributed by atoms with Gasteiger partial charge in [0.05, 0.1) is 12.2 Å². The first kappa shape index (κ1) is 24.4. The van der Waals surface area contributed by atoms with Crippen molar-refractivity contribution in [3.63, 3.8) is 0 Å². The summed E-state index contributed by atoms with van der Waals surface area (Å²) in [4.78, 5) is 13.0. The molecule has 4 heteroatoms. The zero-order valence-electron chi connectivity index (χ0n) is 16.7. The average Bonchev–Trinajstić information content (AvgIpc) is 2.60. The number of aliphatic hydroxyl groups is 2. The molecule has 148 valence electrons. The Morgan fingerprint density at radius 2 is 1.58 bits per heavy atom. The molecule has 2 atom stereocenters. The minimum Gasteiger partial charge on any atom is -0.389 e. The smallest absolute Gasteiger partial charge is 0.222 e. The van der Waals surface area contributed by atoms with E-state index in [1.54, 1.807) is 37.2 Å². The third-order valence-electron chi connectivity index (χ3n) is 3.91. The summed E-state index contributed by atoms with van der Waals surface area (Å²) in [7, 11) is 3.47. The molecular weight excluding hydrogens is 326 g/mol. The first-order valence-electron chi connectivity index (χ1n) is 9.70. The predicted octanol–water partition coefficient (Wildman–Crippen LogP) is 4.16. The number of amides is 1. The highest BCUT2D eigenvalue weighted by atomic mass is 16.3. The first-order valence-corrected chi connectivity index (χ1v) is 9.70. The molecule has 0 aromatic heterocycles. The Morgan fingerprint density at radius 1 is 0.923 bits per heavy atom. The summed E-state index contributed by atoms with van der Waals surface area (Å²) in [5.74, 6) is 0.0839. The van der Waals surface area contributed by atoms with Crippen LogP contribution in [0.1, 0.15) is 58.3 Å². The number of aliphatic hydroxyl groups excluding tert-OH is 2. The molecule has 0 saturated heterocycles. The van der Waals surface area contributed by atoms with Gasteiger partial charge < -0.3 is 15.1 Å². The van der Waals surface area contributed by atoms with E-state index in [4.69, 9.17) is 0 Å². The van der Waals surface area contributed by atoms with Crippen molar-refractivity contribution in [2.24, 2.45) is 0 Å². The summed E-state index contributed by atoms with van der Waals surface area (Å²) in [6.45, 7) is 2.19. The number of hydrogen-bond acceptors (Lipinski definition) is 3. The molecule has 4 nitrogen and oxygen atoms in total. The van der Waals surface area contributed by atoms with Crippen LogP contribution in [0, 0.1) is 0 Å². The summed E-state index contributed by atoms with van der Waals surface area (Å²) in [6, 6.07) is 0. The standard InChI is InChI=1S/C22H37NO3/c1-4-5-6-7-8-11-15-20(24)16-12-9-10-13-17-21(25)18-14-19-22(26)23(2)3/h8-13,16-17,20-21,24-25H,4-7,14-15,18-19H2,1-3H3/b10-9?,11-8?,16-12?,17-13+/t20-,21-/m0/s1. The van der Waals surface area contributed by atoms with E-state index in [2.05, 4.69) is 13.0 Å². The van der Waals surface area contributed by atoms with Crippen molar-refractivity contribution < 1.29 is 15.0 Å². The fourth-order valence-electron chi connectivity index (χ4n) is 2.24. The summed E-state index contributed by atoms with van der Waals surface area (Å²) >= 11 is 0. The maximum absolute atomic E-state index is 11.4. The molecular formula is C22H37NO3. The molecule has 0 heterocycles. The predicted molar refractivity (Wildman–Crippen MR) is 110 cm³/mol. The molecule has 0 fully saturated rings. The van der Waals surface area contributed by atoms with E-state index in [9.17, 15) is 15.0 Å². The van der Waals surface area contributed by atoms with Crippen molar-refractivity contribution in [2.75, 3.05) is 14.1 Å². The summed E-state index contributed by atoms with van der Waals surface area (Å²) in [5.41, 5.74) is 0. The molecule has 0 aliphatic carbocycles. The molecule has 0 saturated carbocycles. The lowest BCUT2D eigenvalue weighted by Gasteiger charge is -2.10. The molecule has 0 unspecified atom stereocenters. The van der Waals surface area contributed by atoms with Crippen LogP contribution in [0.15, 0.2) is 48.6 Å². The van der Waals surface area contributed by atoms with Crippen LogP contribution in [0.25, 0.3) is 0 Å². The Bertz CT molecular complexity index is 464. The van der Waals surface area contributed by atoms with E-state index < -0.39 is 12.2 Å². The van der Waals surface area contributed by atoms with Crippen molar-refractivity contribution in [3.05, 3.63) is 48.6 Å². The molecule has 0 radical (unpaired) electrons.